The first-order chi connectivity index (χ1) is 4.85. The second-order valence-electron chi connectivity index (χ2n) is 3.52. The molecule has 2 heteroatoms. The van der Waals surface area contributed by atoms with Crippen LogP contribution in [-0.2, 0) is 4.74 Å². The van der Waals surface area contributed by atoms with Crippen molar-refractivity contribution in [2.24, 2.45) is 0 Å². The minimum Gasteiger partial charge on any atom is -0.378 e. The van der Waals surface area contributed by atoms with Gasteiger partial charge in [0, 0.05) is 12.1 Å². The lowest BCUT2D eigenvalue weighted by molar-refractivity contribution is -0.0608. The molecule has 1 heterocycles. The van der Waals surface area contributed by atoms with Crippen LogP contribution in [0.15, 0.2) is 0 Å². The van der Waals surface area contributed by atoms with E-state index >= 15 is 0 Å². The quantitative estimate of drug-likeness (QED) is 0.631. The molecule has 0 bridgehead atoms. The van der Waals surface area contributed by atoms with E-state index in [-0.39, 0.29) is 0 Å². The summed E-state index contributed by atoms with van der Waals surface area (Å²) in [5.41, 5.74) is 0.491. The standard InChI is InChI=1S/C8H15NO/c1-9-8(3-4-8)6-7-2-5-10-7/h7,9H,2-6H2,1H3. The average Bonchev–Trinajstić information content (AvgIpc) is 2.60. The smallest absolute Gasteiger partial charge is 0.0614 e. The Bertz CT molecular complexity index is 127. The van der Waals surface area contributed by atoms with Crippen LogP contribution in [0.2, 0.25) is 0 Å². The van der Waals surface area contributed by atoms with Crippen molar-refractivity contribution in [2.45, 2.75) is 37.3 Å². The zero-order valence-corrected chi connectivity index (χ0v) is 6.52. The molecule has 2 rings (SSSR count). The highest BCUT2D eigenvalue weighted by Gasteiger charge is 2.43. The molecule has 0 radical (unpaired) electrons. The molecule has 1 aliphatic heterocycles. The highest BCUT2D eigenvalue weighted by atomic mass is 16.5. The maximum Gasteiger partial charge on any atom is 0.0614 e. The number of hydrogen-bond donors (Lipinski definition) is 1. The molecule has 58 valence electrons. The summed E-state index contributed by atoms with van der Waals surface area (Å²) >= 11 is 0. The van der Waals surface area contributed by atoms with E-state index in [0.29, 0.717) is 11.6 Å². The van der Waals surface area contributed by atoms with Crippen LogP contribution < -0.4 is 5.32 Å². The van der Waals surface area contributed by atoms with Crippen molar-refractivity contribution in [3.05, 3.63) is 0 Å². The molecule has 0 amide bonds. The molecule has 2 nitrogen and oxygen atoms in total. The van der Waals surface area contributed by atoms with Gasteiger partial charge in [-0.15, -0.1) is 0 Å². The maximum absolute atomic E-state index is 5.37. The van der Waals surface area contributed by atoms with E-state index in [1.54, 1.807) is 0 Å². The van der Waals surface area contributed by atoms with E-state index in [1.807, 2.05) is 0 Å². The van der Waals surface area contributed by atoms with Crippen LogP contribution in [0, 0.1) is 0 Å². The summed E-state index contributed by atoms with van der Waals surface area (Å²) in [5, 5.41) is 3.37. The Morgan fingerprint density at radius 3 is 2.60 bits per heavy atom. The fourth-order valence-electron chi connectivity index (χ4n) is 1.59. The fourth-order valence-corrected chi connectivity index (χ4v) is 1.59. The van der Waals surface area contributed by atoms with E-state index in [2.05, 4.69) is 12.4 Å². The Morgan fingerprint density at radius 2 is 2.30 bits per heavy atom. The molecule has 1 unspecified atom stereocenters. The first-order valence-corrected chi connectivity index (χ1v) is 4.15. The molecule has 1 saturated heterocycles. The van der Waals surface area contributed by atoms with Crippen molar-refractivity contribution in [1.29, 1.82) is 0 Å². The first kappa shape index (κ1) is 6.62. The lowest BCUT2D eigenvalue weighted by atomic mass is 10.0. The predicted molar refractivity (Wildman–Crippen MR) is 40.0 cm³/mol. The molecule has 1 aliphatic carbocycles. The zero-order valence-electron chi connectivity index (χ0n) is 6.52. The summed E-state index contributed by atoms with van der Waals surface area (Å²) in [7, 11) is 2.06. The topological polar surface area (TPSA) is 21.3 Å². The number of nitrogens with one attached hydrogen (secondary N) is 1. The lowest BCUT2D eigenvalue weighted by Gasteiger charge is -2.30. The van der Waals surface area contributed by atoms with Crippen LogP contribution in [0.25, 0.3) is 0 Å². The molecule has 2 fully saturated rings. The van der Waals surface area contributed by atoms with Gasteiger partial charge in [-0.25, -0.2) is 0 Å². The Kier molecular flexibility index (Phi) is 1.46. The van der Waals surface area contributed by atoms with Gasteiger partial charge in [0.2, 0.25) is 0 Å². The second kappa shape index (κ2) is 2.21. The minimum atomic E-state index is 0.491. The zero-order chi connectivity index (χ0) is 7.03. The maximum atomic E-state index is 5.37. The van der Waals surface area contributed by atoms with Gasteiger partial charge in [-0.05, 0) is 32.7 Å². The van der Waals surface area contributed by atoms with Crippen LogP contribution in [0.3, 0.4) is 0 Å². The molecular weight excluding hydrogens is 126 g/mol. The first-order valence-electron chi connectivity index (χ1n) is 4.15. The second-order valence-corrected chi connectivity index (χ2v) is 3.52. The molecule has 1 N–H and O–H groups in total. The summed E-state index contributed by atoms with van der Waals surface area (Å²) in [6.45, 7) is 0.991. The van der Waals surface area contributed by atoms with E-state index in [1.165, 1.54) is 25.7 Å². The summed E-state index contributed by atoms with van der Waals surface area (Å²) in [5.74, 6) is 0. The van der Waals surface area contributed by atoms with Gasteiger partial charge in [0.1, 0.15) is 0 Å². The van der Waals surface area contributed by atoms with Gasteiger partial charge >= 0.3 is 0 Å². The number of hydrogen-bond acceptors (Lipinski definition) is 2. The van der Waals surface area contributed by atoms with Gasteiger partial charge in [-0.2, -0.15) is 0 Å². The van der Waals surface area contributed by atoms with Crippen molar-refractivity contribution >= 4 is 0 Å². The Balaban J connectivity index is 1.77. The molecule has 2 aliphatic rings. The molecule has 0 spiro atoms. The molecule has 1 atom stereocenters. The molecule has 1 saturated carbocycles. The summed E-state index contributed by atoms with van der Waals surface area (Å²) < 4.78 is 5.37. The van der Waals surface area contributed by atoms with Gasteiger partial charge in [-0.3, -0.25) is 0 Å². The number of rotatable bonds is 3. The molecule has 0 aromatic heterocycles. The van der Waals surface area contributed by atoms with Crippen LogP contribution in [0.1, 0.15) is 25.7 Å². The highest BCUT2D eigenvalue weighted by molar-refractivity contribution is 5.03. The van der Waals surface area contributed by atoms with Gasteiger partial charge in [0.15, 0.2) is 0 Å². The van der Waals surface area contributed by atoms with Crippen molar-refractivity contribution in [1.82, 2.24) is 5.32 Å². The molecule has 10 heavy (non-hydrogen) atoms. The van der Waals surface area contributed by atoms with Crippen LogP contribution in [0.4, 0.5) is 0 Å². The number of ether oxygens (including phenoxy) is 1. The largest absolute Gasteiger partial charge is 0.378 e. The monoisotopic (exact) mass is 141 g/mol. The summed E-state index contributed by atoms with van der Waals surface area (Å²) in [6, 6.07) is 0. The van der Waals surface area contributed by atoms with Crippen molar-refractivity contribution in [3.8, 4) is 0 Å². The molecule has 0 aromatic rings. The van der Waals surface area contributed by atoms with Crippen molar-refractivity contribution < 1.29 is 4.74 Å². The lowest BCUT2D eigenvalue weighted by Crippen LogP contribution is -2.37. The normalized spacial score (nSPS) is 35.1. The third-order valence-electron chi connectivity index (χ3n) is 2.80. The van der Waals surface area contributed by atoms with E-state index in [4.69, 9.17) is 4.74 Å². The van der Waals surface area contributed by atoms with Crippen molar-refractivity contribution in [2.75, 3.05) is 13.7 Å². The SMILES string of the molecule is CNC1(CC2CCO2)CC1. The fraction of sp³-hybridized carbons (Fsp3) is 1.00. The Morgan fingerprint density at radius 1 is 1.60 bits per heavy atom. The van der Waals surface area contributed by atoms with Crippen molar-refractivity contribution in [3.63, 3.8) is 0 Å². The predicted octanol–water partition coefficient (Wildman–Crippen LogP) is 0.917. The van der Waals surface area contributed by atoms with E-state index in [0.717, 1.165) is 6.61 Å². The molecular formula is C8H15NO. The van der Waals surface area contributed by atoms with Gasteiger partial charge in [0.25, 0.3) is 0 Å². The van der Waals surface area contributed by atoms with Gasteiger partial charge in [0.05, 0.1) is 6.10 Å². The van der Waals surface area contributed by atoms with Gasteiger partial charge in [-0.1, -0.05) is 0 Å². The summed E-state index contributed by atoms with van der Waals surface area (Å²) in [6.07, 6.45) is 5.80. The minimum absolute atomic E-state index is 0.491. The van der Waals surface area contributed by atoms with Crippen LogP contribution in [0.5, 0.6) is 0 Å². The summed E-state index contributed by atoms with van der Waals surface area (Å²) in [4.78, 5) is 0. The van der Waals surface area contributed by atoms with E-state index < -0.39 is 0 Å². The van der Waals surface area contributed by atoms with Crippen LogP contribution in [-0.4, -0.2) is 25.3 Å². The average molecular weight is 141 g/mol. The van der Waals surface area contributed by atoms with Crippen LogP contribution >= 0.6 is 0 Å². The Labute approximate surface area is 61.9 Å². The Hall–Kier alpha value is -0.0800. The third-order valence-corrected chi connectivity index (χ3v) is 2.80. The third kappa shape index (κ3) is 1.06. The molecule has 0 aromatic carbocycles. The van der Waals surface area contributed by atoms with Gasteiger partial charge < -0.3 is 10.1 Å². The highest BCUT2D eigenvalue weighted by Crippen LogP contribution is 2.41. The van der Waals surface area contributed by atoms with E-state index in [9.17, 15) is 0 Å².